The monoisotopic (exact) mass is 771 g/mol. The van der Waals surface area contributed by atoms with Gasteiger partial charge in [-0.1, -0.05) is 154 Å². The Morgan fingerprint density at radius 1 is 0.604 bits per heavy atom. The van der Waals surface area contributed by atoms with Gasteiger partial charge in [-0.2, -0.15) is 0 Å². The van der Waals surface area contributed by atoms with Crippen LogP contribution in [0, 0.1) is 0 Å². The molecule has 1 N–H and O–H groups in total. The third-order valence-electron chi connectivity index (χ3n) is 9.29. The first-order valence-electron chi connectivity index (χ1n) is 21.8. The van der Waals surface area contributed by atoms with E-state index in [1.165, 1.54) is 122 Å². The van der Waals surface area contributed by atoms with Gasteiger partial charge in [-0.15, -0.1) is 0 Å². The Morgan fingerprint density at radius 3 is 1.58 bits per heavy atom. The molecule has 53 heavy (non-hydrogen) atoms. The highest BCUT2D eigenvalue weighted by molar-refractivity contribution is 7.47. The second-order valence-corrected chi connectivity index (χ2v) is 17.2. The molecule has 0 rings (SSSR count). The van der Waals surface area contributed by atoms with Crippen LogP contribution in [0.3, 0.4) is 0 Å². The maximum atomic E-state index is 12.5. The van der Waals surface area contributed by atoms with Gasteiger partial charge in [0.1, 0.15) is 19.8 Å². The lowest BCUT2D eigenvalue weighted by atomic mass is 10.0. The van der Waals surface area contributed by atoms with Crippen molar-refractivity contribution in [3.8, 4) is 0 Å². The van der Waals surface area contributed by atoms with E-state index in [0.29, 0.717) is 17.4 Å². The highest BCUT2D eigenvalue weighted by Gasteiger charge is 2.25. The topological polar surface area (TPSA) is 91.3 Å². The molecule has 0 aromatic carbocycles. The molecule has 0 fully saturated rings. The molecule has 0 aliphatic rings. The zero-order chi connectivity index (χ0) is 39.1. The van der Waals surface area contributed by atoms with Crippen LogP contribution in [-0.4, -0.2) is 69.0 Å². The molecule has 0 aliphatic carbocycles. The molecular formula is C44H85NO7P+. The molecule has 0 saturated heterocycles. The van der Waals surface area contributed by atoms with Gasteiger partial charge in [-0.25, -0.2) is 4.57 Å². The smallest absolute Gasteiger partial charge is 0.472 e. The third-order valence-corrected chi connectivity index (χ3v) is 10.3. The molecule has 0 amide bonds. The number of allylic oxidation sites excluding steroid dienone is 5. The first-order chi connectivity index (χ1) is 25.6. The number of rotatable bonds is 40. The Balaban J connectivity index is 4.28. The van der Waals surface area contributed by atoms with E-state index in [4.69, 9.17) is 18.5 Å². The van der Waals surface area contributed by atoms with Crippen LogP contribution in [0.4, 0.5) is 0 Å². The molecule has 2 unspecified atom stereocenters. The predicted octanol–water partition coefficient (Wildman–Crippen LogP) is 13.0. The van der Waals surface area contributed by atoms with Crippen LogP contribution in [0.2, 0.25) is 0 Å². The number of phosphoric acid groups is 1. The number of esters is 1. The highest BCUT2D eigenvalue weighted by atomic mass is 31.2. The van der Waals surface area contributed by atoms with E-state index in [1.807, 2.05) is 27.2 Å². The van der Waals surface area contributed by atoms with E-state index < -0.39 is 13.9 Å². The minimum Gasteiger partial charge on any atom is -0.492 e. The molecule has 0 radical (unpaired) electrons. The summed E-state index contributed by atoms with van der Waals surface area (Å²) in [4.78, 5) is 22.7. The predicted molar refractivity (Wildman–Crippen MR) is 224 cm³/mol. The molecule has 2 atom stereocenters. The van der Waals surface area contributed by atoms with Gasteiger partial charge in [0.05, 0.1) is 34.0 Å². The van der Waals surface area contributed by atoms with E-state index in [9.17, 15) is 14.3 Å². The Bertz CT molecular complexity index is 947. The average Bonchev–Trinajstić information content (AvgIpc) is 3.11. The molecule has 0 aromatic rings. The normalized spacial score (nSPS) is 14.1. The Hall–Kier alpha value is -1.44. The van der Waals surface area contributed by atoms with E-state index in [1.54, 1.807) is 6.26 Å². The molecule has 0 heterocycles. The first kappa shape index (κ1) is 51.6. The summed E-state index contributed by atoms with van der Waals surface area (Å²) in [6.07, 6.45) is 44.1. The van der Waals surface area contributed by atoms with Crippen molar-refractivity contribution in [2.75, 3.05) is 47.5 Å². The number of unbranched alkanes of at least 4 members (excludes halogenated alkanes) is 22. The van der Waals surface area contributed by atoms with Gasteiger partial charge in [0.25, 0.3) is 0 Å². The number of hydrogen-bond donors (Lipinski definition) is 1. The molecular weight excluding hydrogens is 685 g/mol. The number of phosphoric ester groups is 1. The SMILES string of the molecule is CCCCC/C=C\C/C=C\CCCCCCCCCC(=O)OCC(COP(=O)(O)OCC[N+](C)(C)C)O/C=C\CCCCCCCCCCCCCC. The lowest BCUT2D eigenvalue weighted by Gasteiger charge is -2.24. The number of ether oxygens (including phenoxy) is 2. The number of carbonyl (C=O) groups excluding carboxylic acids is 1. The van der Waals surface area contributed by atoms with Crippen LogP contribution >= 0.6 is 7.82 Å². The maximum Gasteiger partial charge on any atom is 0.472 e. The minimum absolute atomic E-state index is 0.0512. The second-order valence-electron chi connectivity index (χ2n) is 15.8. The van der Waals surface area contributed by atoms with Crippen molar-refractivity contribution in [1.82, 2.24) is 0 Å². The summed E-state index contributed by atoms with van der Waals surface area (Å²) < 4.78 is 34.7. The van der Waals surface area contributed by atoms with E-state index in [2.05, 4.69) is 38.2 Å². The largest absolute Gasteiger partial charge is 0.492 e. The fourth-order valence-electron chi connectivity index (χ4n) is 5.80. The van der Waals surface area contributed by atoms with Crippen molar-refractivity contribution < 1.29 is 37.3 Å². The van der Waals surface area contributed by atoms with E-state index in [0.717, 1.165) is 44.9 Å². The third kappa shape index (κ3) is 41.6. The summed E-state index contributed by atoms with van der Waals surface area (Å²) >= 11 is 0. The molecule has 9 heteroatoms. The van der Waals surface area contributed by atoms with Crippen LogP contribution in [-0.2, 0) is 27.9 Å². The van der Waals surface area contributed by atoms with Gasteiger partial charge in [0.2, 0.25) is 0 Å². The summed E-state index contributed by atoms with van der Waals surface area (Å²) in [6.45, 7) is 4.88. The van der Waals surface area contributed by atoms with Crippen molar-refractivity contribution in [2.45, 2.75) is 193 Å². The van der Waals surface area contributed by atoms with Gasteiger partial charge >= 0.3 is 13.8 Å². The standard InChI is InChI=1S/C44H84NO7P/c1-6-8-10-12-14-16-18-20-22-23-24-25-27-29-31-33-35-37-44(46)50-41-43(42-52-53(47,48)51-40-38-45(3,4)5)49-39-36-34-32-30-28-26-21-19-17-15-13-11-9-7-2/h14,16,20,22,36,39,43H,6-13,15,17-19,21,23-35,37-38,40-42H2,1-5H3/p+1/b16-14-,22-20-,39-36-. The first-order valence-corrected chi connectivity index (χ1v) is 23.3. The molecule has 312 valence electrons. The van der Waals surface area contributed by atoms with Crippen molar-refractivity contribution in [2.24, 2.45) is 0 Å². The quantitative estimate of drug-likeness (QED) is 0.0166. The van der Waals surface area contributed by atoms with Crippen LogP contribution in [0.25, 0.3) is 0 Å². The number of hydrogen-bond acceptors (Lipinski definition) is 6. The van der Waals surface area contributed by atoms with E-state index >= 15 is 0 Å². The van der Waals surface area contributed by atoms with Crippen molar-refractivity contribution in [1.29, 1.82) is 0 Å². The fraction of sp³-hybridized carbons (Fsp3) is 0.841. The maximum absolute atomic E-state index is 12.5. The summed E-state index contributed by atoms with van der Waals surface area (Å²) in [6, 6.07) is 0. The number of carbonyl (C=O) groups is 1. The molecule has 0 aliphatic heterocycles. The highest BCUT2D eigenvalue weighted by Crippen LogP contribution is 2.43. The molecule has 0 bridgehead atoms. The fourth-order valence-corrected chi connectivity index (χ4v) is 6.54. The summed E-state index contributed by atoms with van der Waals surface area (Å²) in [5.74, 6) is -0.284. The van der Waals surface area contributed by atoms with Crippen LogP contribution < -0.4 is 0 Å². The van der Waals surface area contributed by atoms with Crippen LogP contribution in [0.5, 0.6) is 0 Å². The minimum atomic E-state index is -4.26. The van der Waals surface area contributed by atoms with Gasteiger partial charge in [-0.05, 0) is 57.4 Å². The second kappa shape index (κ2) is 37.5. The summed E-state index contributed by atoms with van der Waals surface area (Å²) in [5, 5.41) is 0. The number of likely N-dealkylation sites (N-methyl/N-ethyl adjacent to an activating group) is 1. The summed E-state index contributed by atoms with van der Waals surface area (Å²) in [5.41, 5.74) is 0. The Labute approximate surface area is 327 Å². The van der Waals surface area contributed by atoms with Crippen LogP contribution in [0.1, 0.15) is 187 Å². The van der Waals surface area contributed by atoms with Crippen molar-refractivity contribution in [3.05, 3.63) is 36.6 Å². The average molecular weight is 771 g/mol. The van der Waals surface area contributed by atoms with Crippen LogP contribution in [0.15, 0.2) is 36.6 Å². The van der Waals surface area contributed by atoms with E-state index in [-0.39, 0.29) is 25.8 Å². The molecule has 0 spiro atoms. The summed E-state index contributed by atoms with van der Waals surface area (Å²) in [7, 11) is 1.67. The van der Waals surface area contributed by atoms with Gasteiger partial charge in [0, 0.05) is 6.42 Å². The van der Waals surface area contributed by atoms with Crippen molar-refractivity contribution >= 4 is 13.8 Å². The molecule has 8 nitrogen and oxygen atoms in total. The molecule has 0 saturated carbocycles. The zero-order valence-electron chi connectivity index (χ0n) is 35.3. The van der Waals surface area contributed by atoms with Gasteiger partial charge in [0.15, 0.2) is 6.10 Å². The molecule has 0 aromatic heterocycles. The van der Waals surface area contributed by atoms with Crippen molar-refractivity contribution in [3.63, 3.8) is 0 Å². The lowest BCUT2D eigenvalue weighted by Crippen LogP contribution is -2.37. The lowest BCUT2D eigenvalue weighted by molar-refractivity contribution is -0.870. The van der Waals surface area contributed by atoms with Gasteiger partial charge < -0.3 is 18.9 Å². The number of quaternary nitrogens is 1. The Kier molecular flexibility index (Phi) is 36.5. The number of nitrogens with zero attached hydrogens (tertiary/aromatic N) is 1. The zero-order valence-corrected chi connectivity index (χ0v) is 36.1. The Morgan fingerprint density at radius 2 is 1.06 bits per heavy atom. The van der Waals surface area contributed by atoms with Gasteiger partial charge in [-0.3, -0.25) is 13.8 Å².